The summed E-state index contributed by atoms with van der Waals surface area (Å²) >= 11 is 0. The van der Waals surface area contributed by atoms with Gasteiger partial charge in [-0.15, -0.1) is 0 Å². The summed E-state index contributed by atoms with van der Waals surface area (Å²) < 4.78 is 0. The number of hydrogen-bond donors (Lipinski definition) is 2. The zero-order valence-electron chi connectivity index (χ0n) is 12.7. The molecule has 22 heavy (non-hydrogen) atoms. The van der Waals surface area contributed by atoms with E-state index < -0.39 is 5.41 Å². The topological polar surface area (TPSA) is 69.2 Å². The van der Waals surface area contributed by atoms with Gasteiger partial charge in [0.15, 0.2) is 0 Å². The van der Waals surface area contributed by atoms with Crippen LogP contribution < -0.4 is 0 Å². The molecule has 1 fully saturated rings. The van der Waals surface area contributed by atoms with Gasteiger partial charge in [-0.05, 0) is 25.3 Å². The van der Waals surface area contributed by atoms with Crippen LogP contribution in [-0.2, 0) is 16.8 Å². The van der Waals surface area contributed by atoms with E-state index in [1.165, 1.54) is 5.56 Å². The Morgan fingerprint density at radius 1 is 1.36 bits per heavy atom. The Morgan fingerprint density at radius 3 is 2.64 bits per heavy atom. The van der Waals surface area contributed by atoms with Crippen LogP contribution in [0, 0.1) is 6.92 Å². The summed E-state index contributed by atoms with van der Waals surface area (Å²) in [6.07, 6.45) is 5.15. The van der Waals surface area contributed by atoms with E-state index in [-0.39, 0.29) is 12.5 Å². The molecule has 5 nitrogen and oxygen atoms in total. The number of carbonyl (C=O) groups is 1. The molecule has 1 aromatic heterocycles. The van der Waals surface area contributed by atoms with Crippen LogP contribution in [0.2, 0.25) is 0 Å². The van der Waals surface area contributed by atoms with E-state index in [1.54, 1.807) is 17.3 Å². The summed E-state index contributed by atoms with van der Waals surface area (Å²) in [5, 5.41) is 9.28. The first-order chi connectivity index (χ1) is 10.7. The van der Waals surface area contributed by atoms with Gasteiger partial charge >= 0.3 is 0 Å². The molecule has 3 rings (SSSR count). The average Bonchev–Trinajstić information content (AvgIpc) is 3.17. The molecule has 1 aromatic carbocycles. The third kappa shape index (κ3) is 2.76. The summed E-state index contributed by atoms with van der Waals surface area (Å²) in [6, 6.07) is 8.19. The number of nitrogens with one attached hydrogen (secondary N) is 1. The smallest absolute Gasteiger partial charge is 0.233 e. The van der Waals surface area contributed by atoms with E-state index in [1.807, 2.05) is 31.2 Å². The number of aryl methyl sites for hydroxylation is 1. The van der Waals surface area contributed by atoms with Gasteiger partial charge in [-0.25, -0.2) is 4.98 Å². The molecule has 0 atom stereocenters. The van der Waals surface area contributed by atoms with Crippen LogP contribution in [0.5, 0.6) is 0 Å². The Balaban J connectivity index is 1.81. The zero-order chi connectivity index (χ0) is 15.6. The third-order valence-corrected chi connectivity index (χ3v) is 4.32. The largest absolute Gasteiger partial charge is 0.395 e. The monoisotopic (exact) mass is 299 g/mol. The van der Waals surface area contributed by atoms with Gasteiger partial charge in [0.05, 0.1) is 18.6 Å². The number of aliphatic hydroxyl groups excluding tert-OH is 1. The van der Waals surface area contributed by atoms with E-state index in [2.05, 4.69) is 9.97 Å². The second-order valence-corrected chi connectivity index (χ2v) is 5.93. The number of benzene rings is 1. The summed E-state index contributed by atoms with van der Waals surface area (Å²) in [6.45, 7) is 2.73. The lowest BCUT2D eigenvalue weighted by Crippen LogP contribution is -2.40. The quantitative estimate of drug-likeness (QED) is 0.854. The number of carbonyl (C=O) groups excluding carboxylic acids is 1. The average molecular weight is 299 g/mol. The lowest BCUT2D eigenvalue weighted by Gasteiger charge is -2.26. The van der Waals surface area contributed by atoms with E-state index >= 15 is 0 Å². The molecular formula is C17H21N3O2. The molecule has 0 aliphatic heterocycles. The van der Waals surface area contributed by atoms with Crippen LogP contribution in [-0.4, -0.2) is 39.0 Å². The molecule has 0 saturated heterocycles. The first-order valence-corrected chi connectivity index (χ1v) is 7.61. The number of aliphatic hydroxyl groups is 1. The first kappa shape index (κ1) is 14.8. The molecule has 2 N–H and O–H groups in total. The fourth-order valence-electron chi connectivity index (χ4n) is 2.86. The van der Waals surface area contributed by atoms with Crippen molar-refractivity contribution < 1.29 is 9.90 Å². The highest BCUT2D eigenvalue weighted by atomic mass is 16.3. The predicted octanol–water partition coefficient (Wildman–Crippen LogP) is 1.77. The Kier molecular flexibility index (Phi) is 3.98. The number of nitrogens with zero attached hydrogens (tertiary/aromatic N) is 2. The van der Waals surface area contributed by atoms with Crippen LogP contribution in [0.3, 0.4) is 0 Å². The maximum absolute atomic E-state index is 13.0. The Morgan fingerprint density at radius 2 is 2.09 bits per heavy atom. The zero-order valence-corrected chi connectivity index (χ0v) is 12.7. The summed E-state index contributed by atoms with van der Waals surface area (Å²) in [7, 11) is 0. The van der Waals surface area contributed by atoms with Crippen LogP contribution in [0.15, 0.2) is 36.7 Å². The Bertz CT molecular complexity index is 630. The predicted molar refractivity (Wildman–Crippen MR) is 83.2 cm³/mol. The number of aromatic amines is 1. The highest BCUT2D eigenvalue weighted by Gasteiger charge is 2.52. The Labute approximate surface area is 130 Å². The van der Waals surface area contributed by atoms with Crippen molar-refractivity contribution in [2.24, 2.45) is 0 Å². The minimum Gasteiger partial charge on any atom is -0.395 e. The van der Waals surface area contributed by atoms with Crippen molar-refractivity contribution in [1.29, 1.82) is 0 Å². The molecule has 2 aromatic rings. The first-order valence-electron chi connectivity index (χ1n) is 7.61. The molecule has 1 saturated carbocycles. The standard InChI is InChI=1S/C17H21N3O2/c1-13-2-4-14(5-3-13)17(6-7-17)16(22)20(10-11-21)12-15-18-8-9-19-15/h2-5,8-9,21H,6-7,10-12H2,1H3,(H,18,19). The fourth-order valence-corrected chi connectivity index (χ4v) is 2.86. The van der Waals surface area contributed by atoms with Gasteiger partial charge in [-0.3, -0.25) is 4.79 Å². The molecule has 1 aliphatic rings. The number of rotatable bonds is 6. The maximum Gasteiger partial charge on any atom is 0.233 e. The van der Waals surface area contributed by atoms with Gasteiger partial charge in [-0.2, -0.15) is 0 Å². The minimum atomic E-state index is -0.407. The van der Waals surface area contributed by atoms with Crippen molar-refractivity contribution in [2.45, 2.75) is 31.7 Å². The number of H-pyrrole nitrogens is 1. The molecule has 0 bridgehead atoms. The number of imidazole rings is 1. The number of hydrogen-bond acceptors (Lipinski definition) is 3. The van der Waals surface area contributed by atoms with Gasteiger partial charge < -0.3 is 15.0 Å². The lowest BCUT2D eigenvalue weighted by atomic mass is 9.93. The summed E-state index contributed by atoms with van der Waals surface area (Å²) in [5.74, 6) is 0.823. The molecule has 1 aliphatic carbocycles. The van der Waals surface area contributed by atoms with Gasteiger partial charge in [-0.1, -0.05) is 29.8 Å². The Hall–Kier alpha value is -2.14. The molecule has 5 heteroatoms. The van der Waals surface area contributed by atoms with Crippen molar-refractivity contribution in [1.82, 2.24) is 14.9 Å². The van der Waals surface area contributed by atoms with Crippen LogP contribution in [0.25, 0.3) is 0 Å². The molecular weight excluding hydrogens is 278 g/mol. The van der Waals surface area contributed by atoms with Crippen molar-refractivity contribution in [3.05, 3.63) is 53.6 Å². The van der Waals surface area contributed by atoms with Gasteiger partial charge in [0.2, 0.25) is 5.91 Å². The van der Waals surface area contributed by atoms with Crippen LogP contribution >= 0.6 is 0 Å². The van der Waals surface area contributed by atoms with Crippen molar-refractivity contribution in [2.75, 3.05) is 13.2 Å². The molecule has 0 radical (unpaired) electrons. The van der Waals surface area contributed by atoms with E-state index in [0.717, 1.165) is 24.2 Å². The second kappa shape index (κ2) is 5.93. The minimum absolute atomic E-state index is 0.0452. The number of aromatic nitrogens is 2. The van der Waals surface area contributed by atoms with Crippen molar-refractivity contribution >= 4 is 5.91 Å². The van der Waals surface area contributed by atoms with Crippen LogP contribution in [0.1, 0.15) is 29.8 Å². The molecule has 116 valence electrons. The van der Waals surface area contributed by atoms with Gasteiger partial charge in [0, 0.05) is 18.9 Å². The fraction of sp³-hybridized carbons (Fsp3) is 0.412. The maximum atomic E-state index is 13.0. The van der Waals surface area contributed by atoms with Crippen molar-refractivity contribution in [3.63, 3.8) is 0 Å². The molecule has 0 spiro atoms. The lowest BCUT2D eigenvalue weighted by molar-refractivity contribution is -0.135. The van der Waals surface area contributed by atoms with E-state index in [4.69, 9.17) is 0 Å². The van der Waals surface area contributed by atoms with Gasteiger partial charge in [0.25, 0.3) is 0 Å². The van der Waals surface area contributed by atoms with Crippen LogP contribution in [0.4, 0.5) is 0 Å². The van der Waals surface area contributed by atoms with E-state index in [0.29, 0.717) is 13.1 Å². The second-order valence-electron chi connectivity index (χ2n) is 5.93. The highest BCUT2D eigenvalue weighted by molar-refractivity contribution is 5.91. The van der Waals surface area contributed by atoms with E-state index in [9.17, 15) is 9.90 Å². The SMILES string of the molecule is Cc1ccc(C2(C(=O)N(CCO)Cc3ncc[nH]3)CC2)cc1. The number of amides is 1. The van der Waals surface area contributed by atoms with Gasteiger partial charge in [0.1, 0.15) is 5.82 Å². The van der Waals surface area contributed by atoms with Crippen molar-refractivity contribution in [3.8, 4) is 0 Å². The normalized spacial score (nSPS) is 15.5. The molecule has 0 unspecified atom stereocenters. The summed E-state index contributed by atoms with van der Waals surface area (Å²) in [5.41, 5.74) is 1.86. The third-order valence-electron chi connectivity index (χ3n) is 4.32. The molecule has 1 heterocycles. The summed E-state index contributed by atoms with van der Waals surface area (Å²) in [4.78, 5) is 21.9. The molecule has 1 amide bonds. The highest BCUT2D eigenvalue weighted by Crippen LogP contribution is 2.49.